The number of unbranched alkanes of at least 4 members (excludes halogenated alkanes) is 1. The smallest absolute Gasteiger partial charge is 0.310 e. The summed E-state index contributed by atoms with van der Waals surface area (Å²) in [5, 5.41) is 3.15. The first-order valence-corrected chi connectivity index (χ1v) is 6.40. The van der Waals surface area contributed by atoms with Gasteiger partial charge in [0, 0.05) is 6.04 Å². The molecule has 0 heterocycles. The zero-order valence-electron chi connectivity index (χ0n) is 10.8. The Bertz CT molecular complexity index is 360. The highest BCUT2D eigenvalue weighted by molar-refractivity contribution is 5.32. The molecule has 0 radical (unpaired) electrons. The number of hydrogen-bond donors (Lipinski definition) is 1. The number of halogens is 3. The van der Waals surface area contributed by atoms with E-state index in [1.165, 1.54) is 6.07 Å². The van der Waals surface area contributed by atoms with Crippen LogP contribution in [-0.4, -0.2) is 6.54 Å². The van der Waals surface area contributed by atoms with Crippen LogP contribution in [0.5, 0.6) is 0 Å². The van der Waals surface area contributed by atoms with Crippen molar-refractivity contribution in [1.29, 1.82) is 0 Å². The summed E-state index contributed by atoms with van der Waals surface area (Å²) in [5.74, 6) is 0. The van der Waals surface area contributed by atoms with Crippen molar-refractivity contribution in [2.24, 2.45) is 0 Å². The molecule has 0 aliphatic rings. The standard InChI is InChI=1S/C14H20F3N/c1-3-5-10-13(18-4-2)11-8-6-7-9-12(11)14(15,16)17/h6-9,13,18H,3-5,10H2,1-2H3. The van der Waals surface area contributed by atoms with Gasteiger partial charge in [0.05, 0.1) is 5.56 Å². The van der Waals surface area contributed by atoms with E-state index in [9.17, 15) is 13.2 Å². The average Bonchev–Trinajstić information content (AvgIpc) is 2.33. The molecule has 0 fully saturated rings. The minimum absolute atomic E-state index is 0.215. The Morgan fingerprint density at radius 2 is 1.83 bits per heavy atom. The third kappa shape index (κ3) is 4.02. The third-order valence-electron chi connectivity index (χ3n) is 2.94. The van der Waals surface area contributed by atoms with E-state index >= 15 is 0 Å². The van der Waals surface area contributed by atoms with Gasteiger partial charge in [-0.3, -0.25) is 0 Å². The van der Waals surface area contributed by atoms with Crippen LogP contribution in [0.4, 0.5) is 13.2 Å². The molecule has 0 aliphatic heterocycles. The Kier molecular flexibility index (Phi) is 5.66. The van der Waals surface area contributed by atoms with Crippen molar-refractivity contribution in [2.45, 2.75) is 45.3 Å². The monoisotopic (exact) mass is 259 g/mol. The van der Waals surface area contributed by atoms with Gasteiger partial charge in [-0.2, -0.15) is 13.2 Å². The molecule has 1 unspecified atom stereocenters. The van der Waals surface area contributed by atoms with Gasteiger partial charge >= 0.3 is 6.18 Å². The van der Waals surface area contributed by atoms with Crippen molar-refractivity contribution >= 4 is 0 Å². The molecule has 18 heavy (non-hydrogen) atoms. The Labute approximate surface area is 106 Å². The lowest BCUT2D eigenvalue weighted by molar-refractivity contribution is -0.138. The molecule has 0 saturated heterocycles. The summed E-state index contributed by atoms with van der Waals surface area (Å²) < 4.78 is 38.8. The number of benzene rings is 1. The predicted molar refractivity (Wildman–Crippen MR) is 67.4 cm³/mol. The molecule has 0 aromatic heterocycles. The number of nitrogens with one attached hydrogen (secondary N) is 1. The Hall–Kier alpha value is -1.03. The highest BCUT2D eigenvalue weighted by atomic mass is 19.4. The molecule has 0 aliphatic carbocycles. The number of hydrogen-bond acceptors (Lipinski definition) is 1. The van der Waals surface area contributed by atoms with E-state index in [1.54, 1.807) is 12.1 Å². The van der Waals surface area contributed by atoms with Crippen LogP contribution in [0.3, 0.4) is 0 Å². The first kappa shape index (κ1) is 15.0. The third-order valence-corrected chi connectivity index (χ3v) is 2.94. The summed E-state index contributed by atoms with van der Waals surface area (Å²) in [5.41, 5.74) is -0.160. The lowest BCUT2D eigenvalue weighted by Gasteiger charge is -2.22. The number of alkyl halides is 3. The van der Waals surface area contributed by atoms with E-state index in [2.05, 4.69) is 5.32 Å². The lowest BCUT2D eigenvalue weighted by Crippen LogP contribution is -2.24. The van der Waals surface area contributed by atoms with E-state index in [4.69, 9.17) is 0 Å². The summed E-state index contributed by atoms with van der Waals surface area (Å²) in [7, 11) is 0. The summed E-state index contributed by atoms with van der Waals surface area (Å²) >= 11 is 0. The summed E-state index contributed by atoms with van der Waals surface area (Å²) in [4.78, 5) is 0. The molecule has 1 rings (SSSR count). The van der Waals surface area contributed by atoms with Crippen LogP contribution in [0.15, 0.2) is 24.3 Å². The molecule has 0 bridgehead atoms. The van der Waals surface area contributed by atoms with Crippen molar-refractivity contribution in [3.8, 4) is 0 Å². The van der Waals surface area contributed by atoms with Crippen LogP contribution < -0.4 is 5.32 Å². The minimum Gasteiger partial charge on any atom is -0.310 e. The maximum absolute atomic E-state index is 12.9. The van der Waals surface area contributed by atoms with Crippen molar-refractivity contribution in [3.05, 3.63) is 35.4 Å². The molecular formula is C14H20F3N. The molecule has 1 aromatic rings. The Morgan fingerprint density at radius 3 is 2.39 bits per heavy atom. The van der Waals surface area contributed by atoms with Crippen molar-refractivity contribution < 1.29 is 13.2 Å². The fourth-order valence-electron chi connectivity index (χ4n) is 2.08. The maximum Gasteiger partial charge on any atom is 0.416 e. The van der Waals surface area contributed by atoms with Gasteiger partial charge in [0.25, 0.3) is 0 Å². The molecular weight excluding hydrogens is 239 g/mol. The Balaban J connectivity index is 3.03. The van der Waals surface area contributed by atoms with Crippen LogP contribution in [0.25, 0.3) is 0 Å². The van der Waals surface area contributed by atoms with Crippen LogP contribution in [0, 0.1) is 0 Å². The number of rotatable bonds is 6. The zero-order chi connectivity index (χ0) is 13.6. The fourth-order valence-corrected chi connectivity index (χ4v) is 2.08. The maximum atomic E-state index is 12.9. The second-order valence-electron chi connectivity index (χ2n) is 4.34. The molecule has 0 amide bonds. The van der Waals surface area contributed by atoms with Gasteiger partial charge in [0.2, 0.25) is 0 Å². The summed E-state index contributed by atoms with van der Waals surface area (Å²) in [6.07, 6.45) is -1.64. The fraction of sp³-hybridized carbons (Fsp3) is 0.571. The van der Waals surface area contributed by atoms with Crippen molar-refractivity contribution in [3.63, 3.8) is 0 Å². The van der Waals surface area contributed by atoms with Crippen molar-refractivity contribution in [2.75, 3.05) is 6.54 Å². The van der Waals surface area contributed by atoms with Crippen LogP contribution >= 0.6 is 0 Å². The van der Waals surface area contributed by atoms with Gasteiger partial charge in [-0.25, -0.2) is 0 Å². The van der Waals surface area contributed by atoms with Crippen LogP contribution in [0.1, 0.15) is 50.3 Å². The van der Waals surface area contributed by atoms with Crippen LogP contribution in [-0.2, 0) is 6.18 Å². The molecule has 4 heteroatoms. The molecule has 1 nitrogen and oxygen atoms in total. The van der Waals surface area contributed by atoms with Gasteiger partial charge in [0.15, 0.2) is 0 Å². The first-order chi connectivity index (χ1) is 8.50. The summed E-state index contributed by atoms with van der Waals surface area (Å²) in [6.45, 7) is 4.62. The van der Waals surface area contributed by atoms with Gasteiger partial charge in [0.1, 0.15) is 0 Å². The first-order valence-electron chi connectivity index (χ1n) is 6.40. The molecule has 1 N–H and O–H groups in total. The summed E-state index contributed by atoms with van der Waals surface area (Å²) in [6, 6.07) is 5.63. The van der Waals surface area contributed by atoms with E-state index in [0.29, 0.717) is 12.1 Å². The molecule has 102 valence electrons. The second kappa shape index (κ2) is 6.78. The SMILES string of the molecule is CCCCC(NCC)c1ccccc1C(F)(F)F. The highest BCUT2D eigenvalue weighted by Crippen LogP contribution is 2.35. The van der Waals surface area contributed by atoms with E-state index < -0.39 is 11.7 Å². The highest BCUT2D eigenvalue weighted by Gasteiger charge is 2.34. The van der Waals surface area contributed by atoms with Gasteiger partial charge in [-0.1, -0.05) is 44.9 Å². The van der Waals surface area contributed by atoms with Gasteiger partial charge in [-0.15, -0.1) is 0 Å². The zero-order valence-corrected chi connectivity index (χ0v) is 10.8. The minimum atomic E-state index is -4.28. The topological polar surface area (TPSA) is 12.0 Å². The van der Waals surface area contributed by atoms with Crippen LogP contribution in [0.2, 0.25) is 0 Å². The molecule has 1 aromatic carbocycles. The predicted octanol–water partition coefficient (Wildman–Crippen LogP) is 4.55. The lowest BCUT2D eigenvalue weighted by atomic mass is 9.96. The second-order valence-corrected chi connectivity index (χ2v) is 4.34. The van der Waals surface area contributed by atoms with Crippen molar-refractivity contribution in [1.82, 2.24) is 5.32 Å². The van der Waals surface area contributed by atoms with Gasteiger partial charge < -0.3 is 5.32 Å². The molecule has 0 saturated carbocycles. The molecule has 1 atom stereocenters. The average molecular weight is 259 g/mol. The van der Waals surface area contributed by atoms with E-state index in [-0.39, 0.29) is 6.04 Å². The van der Waals surface area contributed by atoms with E-state index in [0.717, 1.165) is 25.3 Å². The quantitative estimate of drug-likeness (QED) is 0.790. The normalized spacial score (nSPS) is 13.6. The Morgan fingerprint density at radius 1 is 1.17 bits per heavy atom. The molecule has 0 spiro atoms. The largest absolute Gasteiger partial charge is 0.416 e. The van der Waals surface area contributed by atoms with E-state index in [1.807, 2.05) is 13.8 Å². The van der Waals surface area contributed by atoms with Gasteiger partial charge in [-0.05, 0) is 24.6 Å².